The Morgan fingerprint density at radius 1 is 0.824 bits per heavy atom. The number of thioether (sulfide) groups is 1. The van der Waals surface area contributed by atoms with E-state index in [2.05, 4.69) is 5.32 Å². The summed E-state index contributed by atoms with van der Waals surface area (Å²) in [5.41, 5.74) is 2.05. The molecule has 0 bridgehead atoms. The number of ether oxygens (including phenoxy) is 2. The first-order valence-electron chi connectivity index (χ1n) is 11.3. The summed E-state index contributed by atoms with van der Waals surface area (Å²) in [7, 11) is 0. The van der Waals surface area contributed by atoms with Gasteiger partial charge in [-0.1, -0.05) is 42.5 Å². The molecular weight excluding hydrogens is 448 g/mol. The van der Waals surface area contributed by atoms with Gasteiger partial charge in [0.1, 0.15) is 24.7 Å². The van der Waals surface area contributed by atoms with Gasteiger partial charge in [0.15, 0.2) is 0 Å². The van der Waals surface area contributed by atoms with E-state index in [1.54, 1.807) is 18.2 Å². The van der Waals surface area contributed by atoms with Gasteiger partial charge in [0.25, 0.3) is 5.91 Å². The normalized spacial score (nSPS) is 13.2. The number of benzene rings is 3. The van der Waals surface area contributed by atoms with Crippen molar-refractivity contribution in [2.45, 2.75) is 6.42 Å². The highest BCUT2D eigenvalue weighted by atomic mass is 32.2. The van der Waals surface area contributed by atoms with Crippen molar-refractivity contribution in [3.63, 3.8) is 0 Å². The van der Waals surface area contributed by atoms with Gasteiger partial charge in [0.05, 0.1) is 12.0 Å². The zero-order valence-electron chi connectivity index (χ0n) is 18.9. The number of hydrogen-bond acceptors (Lipinski definition) is 5. The molecule has 3 aromatic carbocycles. The fourth-order valence-electron chi connectivity index (χ4n) is 3.61. The molecule has 7 heteroatoms. The molecule has 176 valence electrons. The molecule has 0 aliphatic carbocycles. The highest BCUT2D eigenvalue weighted by molar-refractivity contribution is 7.99. The third kappa shape index (κ3) is 6.78. The van der Waals surface area contributed by atoms with Crippen LogP contribution in [0, 0.1) is 0 Å². The molecule has 0 atom stereocenters. The number of carbonyl (C=O) groups is 2. The number of nitrogens with one attached hydrogen (secondary N) is 1. The summed E-state index contributed by atoms with van der Waals surface area (Å²) in [6.07, 6.45) is 0.376. The summed E-state index contributed by atoms with van der Waals surface area (Å²) in [5, 5.41) is 2.91. The van der Waals surface area contributed by atoms with Crippen LogP contribution < -0.4 is 14.8 Å². The van der Waals surface area contributed by atoms with Crippen molar-refractivity contribution in [1.82, 2.24) is 4.90 Å². The van der Waals surface area contributed by atoms with Crippen molar-refractivity contribution >= 4 is 29.3 Å². The molecule has 0 spiro atoms. The zero-order valence-corrected chi connectivity index (χ0v) is 19.8. The Kier molecular flexibility index (Phi) is 8.46. The summed E-state index contributed by atoms with van der Waals surface area (Å²) in [6, 6.07) is 24.1. The first kappa shape index (κ1) is 23.7. The minimum absolute atomic E-state index is 0.152. The highest BCUT2D eigenvalue weighted by Crippen LogP contribution is 2.21. The van der Waals surface area contributed by atoms with Gasteiger partial charge in [0.2, 0.25) is 5.91 Å². The van der Waals surface area contributed by atoms with Gasteiger partial charge in [-0.15, -0.1) is 0 Å². The summed E-state index contributed by atoms with van der Waals surface area (Å²) in [6.45, 7) is 2.32. The van der Waals surface area contributed by atoms with Crippen LogP contribution in [0.5, 0.6) is 11.5 Å². The molecule has 1 heterocycles. The zero-order chi connectivity index (χ0) is 23.6. The van der Waals surface area contributed by atoms with Crippen molar-refractivity contribution < 1.29 is 19.1 Å². The van der Waals surface area contributed by atoms with Crippen molar-refractivity contribution in [2.75, 3.05) is 43.1 Å². The molecule has 0 unspecified atom stereocenters. The average Bonchev–Trinajstić information content (AvgIpc) is 2.89. The molecule has 1 N–H and O–H groups in total. The molecule has 1 aliphatic heterocycles. The molecule has 2 amide bonds. The van der Waals surface area contributed by atoms with Gasteiger partial charge in [0, 0.05) is 30.3 Å². The lowest BCUT2D eigenvalue weighted by Crippen LogP contribution is -2.38. The van der Waals surface area contributed by atoms with Crippen LogP contribution in [0.25, 0.3) is 0 Å². The largest absolute Gasteiger partial charge is 0.490 e. The minimum atomic E-state index is -0.255. The van der Waals surface area contributed by atoms with Gasteiger partial charge < -0.3 is 19.7 Å². The number of carbonyl (C=O) groups excluding carboxylic acids is 2. The summed E-state index contributed by atoms with van der Waals surface area (Å²) in [5.74, 6) is 3.17. The average molecular weight is 477 g/mol. The van der Waals surface area contributed by atoms with Crippen molar-refractivity contribution in [1.29, 1.82) is 0 Å². The van der Waals surface area contributed by atoms with Crippen LogP contribution in [0.15, 0.2) is 78.9 Å². The van der Waals surface area contributed by atoms with E-state index >= 15 is 0 Å². The van der Waals surface area contributed by atoms with Crippen LogP contribution in [0.3, 0.4) is 0 Å². The third-order valence-electron chi connectivity index (χ3n) is 5.42. The Bertz CT molecular complexity index is 1080. The quantitative estimate of drug-likeness (QED) is 0.460. The van der Waals surface area contributed by atoms with E-state index in [1.807, 2.05) is 77.3 Å². The molecule has 34 heavy (non-hydrogen) atoms. The van der Waals surface area contributed by atoms with Gasteiger partial charge in [-0.25, -0.2) is 0 Å². The minimum Gasteiger partial charge on any atom is -0.490 e. The fraction of sp³-hybridized carbons (Fsp3) is 0.259. The summed E-state index contributed by atoms with van der Waals surface area (Å²) in [4.78, 5) is 27.3. The monoisotopic (exact) mass is 476 g/mol. The molecular formula is C27H28N2O4S. The van der Waals surface area contributed by atoms with Crippen molar-refractivity contribution in [2.24, 2.45) is 0 Å². The van der Waals surface area contributed by atoms with Gasteiger partial charge >= 0.3 is 0 Å². The van der Waals surface area contributed by atoms with E-state index in [9.17, 15) is 9.59 Å². The number of rotatable bonds is 9. The number of amides is 2. The molecule has 4 rings (SSSR count). The fourth-order valence-corrected chi connectivity index (χ4v) is 4.51. The second-order valence-corrected chi connectivity index (χ2v) is 9.05. The Hall–Kier alpha value is -3.45. The maximum absolute atomic E-state index is 12.9. The molecule has 1 aliphatic rings. The van der Waals surface area contributed by atoms with E-state index in [-0.39, 0.29) is 11.8 Å². The topological polar surface area (TPSA) is 67.9 Å². The predicted molar refractivity (Wildman–Crippen MR) is 136 cm³/mol. The molecule has 1 saturated heterocycles. The number of hydrogen-bond donors (Lipinski definition) is 1. The first-order chi connectivity index (χ1) is 16.7. The Balaban J connectivity index is 1.29. The van der Waals surface area contributed by atoms with Crippen LogP contribution in [-0.2, 0) is 11.2 Å². The smallest absolute Gasteiger partial charge is 0.259 e. The SMILES string of the molecule is O=C(Nc1ccc(CC(=O)N2CCSCC2)cc1)c1ccccc1OCCOc1ccccc1. The van der Waals surface area contributed by atoms with Crippen molar-refractivity contribution in [3.05, 3.63) is 90.0 Å². The van der Waals surface area contributed by atoms with Crippen LogP contribution in [0.1, 0.15) is 15.9 Å². The van der Waals surface area contributed by atoms with Gasteiger partial charge in [-0.3, -0.25) is 9.59 Å². The van der Waals surface area contributed by atoms with Crippen molar-refractivity contribution in [3.8, 4) is 11.5 Å². The standard InChI is InChI=1S/C27H28N2O4S/c30-26(29-14-18-34-19-15-29)20-21-10-12-22(13-11-21)28-27(31)24-8-4-5-9-25(24)33-17-16-32-23-6-2-1-3-7-23/h1-13H,14-20H2,(H,28,31). The second-order valence-electron chi connectivity index (χ2n) is 7.83. The number of para-hydroxylation sites is 2. The molecule has 0 saturated carbocycles. The predicted octanol–water partition coefficient (Wildman–Crippen LogP) is 4.51. The van der Waals surface area contributed by atoms with E-state index in [0.29, 0.717) is 36.6 Å². The third-order valence-corrected chi connectivity index (χ3v) is 6.36. The summed E-state index contributed by atoms with van der Waals surface area (Å²) < 4.78 is 11.5. The van der Waals surface area contributed by atoms with E-state index in [4.69, 9.17) is 9.47 Å². The number of anilines is 1. The van der Waals surface area contributed by atoms with Crippen LogP contribution in [0.2, 0.25) is 0 Å². The Labute approximate surface area is 204 Å². The summed E-state index contributed by atoms with van der Waals surface area (Å²) >= 11 is 1.88. The maximum atomic E-state index is 12.9. The lowest BCUT2D eigenvalue weighted by Gasteiger charge is -2.26. The van der Waals surface area contributed by atoms with E-state index < -0.39 is 0 Å². The van der Waals surface area contributed by atoms with Crippen LogP contribution in [0.4, 0.5) is 5.69 Å². The van der Waals surface area contributed by atoms with Crippen LogP contribution >= 0.6 is 11.8 Å². The number of nitrogens with zero attached hydrogens (tertiary/aromatic N) is 1. The first-order valence-corrected chi connectivity index (χ1v) is 12.5. The van der Waals surface area contributed by atoms with Crippen LogP contribution in [-0.4, -0.2) is 54.5 Å². The van der Waals surface area contributed by atoms with E-state index in [0.717, 1.165) is 35.9 Å². The molecule has 0 aromatic heterocycles. The molecule has 6 nitrogen and oxygen atoms in total. The second kappa shape index (κ2) is 12.1. The van der Waals surface area contributed by atoms with Gasteiger partial charge in [-0.05, 0) is 42.0 Å². The molecule has 3 aromatic rings. The lowest BCUT2D eigenvalue weighted by atomic mass is 10.1. The van der Waals surface area contributed by atoms with Gasteiger partial charge in [-0.2, -0.15) is 11.8 Å². The highest BCUT2D eigenvalue weighted by Gasteiger charge is 2.17. The molecule has 1 fully saturated rings. The Morgan fingerprint density at radius 2 is 1.50 bits per heavy atom. The van der Waals surface area contributed by atoms with E-state index in [1.165, 1.54) is 0 Å². The molecule has 0 radical (unpaired) electrons. The Morgan fingerprint density at radius 3 is 2.26 bits per heavy atom. The lowest BCUT2D eigenvalue weighted by molar-refractivity contribution is -0.130. The maximum Gasteiger partial charge on any atom is 0.259 e.